The molecule has 1 nitrogen and oxygen atoms in total. The second-order valence-corrected chi connectivity index (χ2v) is 8.10. The summed E-state index contributed by atoms with van der Waals surface area (Å²) in [6.45, 7) is 3.19. The fraction of sp³-hybridized carbons (Fsp3) is 0.0667. The number of hydrogen-bond donors (Lipinski definition) is 0. The summed E-state index contributed by atoms with van der Waals surface area (Å²) in [5.74, 6) is 0. The molecule has 1 heteroatoms. The first-order valence-electron chi connectivity index (χ1n) is 10.9. The standard InChI is InChI=1S/C30H23N/c1-2-31-29-14-8-7-13-27(29)28-19-21(16-18-30(28)31)15-17-26-24-11-5-3-9-22(24)20-23-10-4-6-12-25(23)26/h3-20H,2H2,1H3. The molecule has 0 atom stereocenters. The second-order valence-electron chi connectivity index (χ2n) is 8.10. The molecule has 0 saturated carbocycles. The number of aromatic nitrogens is 1. The summed E-state index contributed by atoms with van der Waals surface area (Å²) in [5.41, 5.74) is 5.12. The number of nitrogens with zero attached hydrogens (tertiary/aromatic N) is 1. The van der Waals surface area contributed by atoms with E-state index in [0.717, 1.165) is 6.54 Å². The number of para-hydroxylation sites is 1. The van der Waals surface area contributed by atoms with Gasteiger partial charge in [0.1, 0.15) is 0 Å². The highest BCUT2D eigenvalue weighted by atomic mass is 15.0. The predicted octanol–water partition coefficient (Wildman–Crippen LogP) is 8.29. The largest absolute Gasteiger partial charge is 0.341 e. The zero-order chi connectivity index (χ0) is 20.8. The van der Waals surface area contributed by atoms with Crippen LogP contribution in [-0.4, -0.2) is 4.57 Å². The maximum absolute atomic E-state index is 2.40. The Morgan fingerprint density at radius 1 is 0.581 bits per heavy atom. The fourth-order valence-corrected chi connectivity index (χ4v) is 4.92. The Morgan fingerprint density at radius 2 is 1.19 bits per heavy atom. The summed E-state index contributed by atoms with van der Waals surface area (Å²) in [6.07, 6.45) is 4.54. The minimum absolute atomic E-state index is 0.973. The van der Waals surface area contributed by atoms with Gasteiger partial charge in [0.15, 0.2) is 0 Å². The summed E-state index contributed by atoms with van der Waals surface area (Å²) in [6, 6.07) is 35.1. The molecule has 0 radical (unpaired) electrons. The highest BCUT2D eigenvalue weighted by molar-refractivity contribution is 6.10. The van der Waals surface area contributed by atoms with Crippen molar-refractivity contribution in [2.45, 2.75) is 13.5 Å². The molecule has 0 aliphatic heterocycles. The molecular formula is C30H23N. The van der Waals surface area contributed by atoms with Gasteiger partial charge in [-0.25, -0.2) is 0 Å². The monoisotopic (exact) mass is 397 g/mol. The first-order valence-corrected chi connectivity index (χ1v) is 10.9. The number of aryl methyl sites for hydroxylation is 1. The van der Waals surface area contributed by atoms with E-state index in [1.54, 1.807) is 0 Å². The molecule has 0 aliphatic rings. The van der Waals surface area contributed by atoms with Crippen molar-refractivity contribution in [2.24, 2.45) is 0 Å². The highest BCUT2D eigenvalue weighted by Crippen LogP contribution is 2.32. The van der Waals surface area contributed by atoms with Crippen LogP contribution in [0.4, 0.5) is 0 Å². The van der Waals surface area contributed by atoms with Crippen molar-refractivity contribution in [1.29, 1.82) is 0 Å². The molecule has 0 spiro atoms. The first kappa shape index (κ1) is 18.0. The van der Waals surface area contributed by atoms with Gasteiger partial charge < -0.3 is 4.57 Å². The summed E-state index contributed by atoms with van der Waals surface area (Å²) in [5, 5.41) is 7.79. The van der Waals surface area contributed by atoms with Crippen LogP contribution in [0.25, 0.3) is 55.5 Å². The van der Waals surface area contributed by atoms with Crippen molar-refractivity contribution < 1.29 is 0 Å². The van der Waals surface area contributed by atoms with Crippen LogP contribution in [-0.2, 0) is 6.54 Å². The van der Waals surface area contributed by atoms with E-state index in [4.69, 9.17) is 0 Å². The van der Waals surface area contributed by atoms with Crippen LogP contribution < -0.4 is 0 Å². The Bertz CT molecular complexity index is 1560. The molecule has 31 heavy (non-hydrogen) atoms. The topological polar surface area (TPSA) is 4.93 Å². The average molecular weight is 398 g/mol. The quantitative estimate of drug-likeness (QED) is 0.209. The molecule has 1 heterocycles. The molecule has 1 aromatic heterocycles. The van der Waals surface area contributed by atoms with E-state index in [-0.39, 0.29) is 0 Å². The third-order valence-corrected chi connectivity index (χ3v) is 6.37. The van der Waals surface area contributed by atoms with Crippen molar-refractivity contribution in [3.8, 4) is 0 Å². The number of fused-ring (bicyclic) bond motifs is 5. The highest BCUT2D eigenvalue weighted by Gasteiger charge is 2.09. The van der Waals surface area contributed by atoms with Crippen molar-refractivity contribution in [3.63, 3.8) is 0 Å². The fourth-order valence-electron chi connectivity index (χ4n) is 4.92. The van der Waals surface area contributed by atoms with Crippen LogP contribution in [0.15, 0.2) is 97.1 Å². The molecule has 148 valence electrons. The van der Waals surface area contributed by atoms with Gasteiger partial charge in [0.05, 0.1) is 0 Å². The minimum Gasteiger partial charge on any atom is -0.341 e. The molecule has 0 amide bonds. The van der Waals surface area contributed by atoms with Crippen LogP contribution in [0, 0.1) is 0 Å². The van der Waals surface area contributed by atoms with Gasteiger partial charge in [-0.15, -0.1) is 0 Å². The van der Waals surface area contributed by atoms with E-state index < -0.39 is 0 Å². The molecule has 0 N–H and O–H groups in total. The predicted molar refractivity (Wildman–Crippen MR) is 135 cm³/mol. The lowest BCUT2D eigenvalue weighted by atomic mass is 9.96. The van der Waals surface area contributed by atoms with Gasteiger partial charge in [-0.1, -0.05) is 84.9 Å². The maximum atomic E-state index is 2.40. The van der Waals surface area contributed by atoms with Gasteiger partial charge in [-0.05, 0) is 63.9 Å². The zero-order valence-electron chi connectivity index (χ0n) is 17.5. The normalized spacial score (nSPS) is 12.0. The maximum Gasteiger partial charge on any atom is 0.0491 e. The van der Waals surface area contributed by atoms with E-state index in [1.165, 1.54) is 54.5 Å². The Balaban J connectivity index is 1.55. The molecule has 5 aromatic carbocycles. The summed E-state index contributed by atoms with van der Waals surface area (Å²) in [4.78, 5) is 0. The number of rotatable bonds is 3. The van der Waals surface area contributed by atoms with E-state index in [2.05, 4.69) is 121 Å². The van der Waals surface area contributed by atoms with Gasteiger partial charge in [-0.2, -0.15) is 0 Å². The molecular weight excluding hydrogens is 374 g/mol. The van der Waals surface area contributed by atoms with Crippen molar-refractivity contribution in [1.82, 2.24) is 4.57 Å². The average Bonchev–Trinajstić information content (AvgIpc) is 3.14. The van der Waals surface area contributed by atoms with Crippen LogP contribution in [0.5, 0.6) is 0 Å². The van der Waals surface area contributed by atoms with Gasteiger partial charge in [0, 0.05) is 28.4 Å². The number of hydrogen-bond acceptors (Lipinski definition) is 0. The SMILES string of the molecule is CCn1c2ccccc2c2cc(C=Cc3c4ccccc4cc4ccccc34)ccc21. The summed E-state index contributed by atoms with van der Waals surface area (Å²) < 4.78 is 2.40. The Labute approximate surface area is 181 Å². The Morgan fingerprint density at radius 3 is 1.90 bits per heavy atom. The van der Waals surface area contributed by atoms with E-state index in [0.29, 0.717) is 0 Å². The molecule has 6 rings (SSSR count). The molecule has 0 bridgehead atoms. The van der Waals surface area contributed by atoms with Gasteiger partial charge in [0.25, 0.3) is 0 Å². The lowest BCUT2D eigenvalue weighted by Crippen LogP contribution is -1.92. The Kier molecular flexibility index (Phi) is 4.14. The van der Waals surface area contributed by atoms with E-state index in [9.17, 15) is 0 Å². The van der Waals surface area contributed by atoms with Crippen LogP contribution >= 0.6 is 0 Å². The lowest BCUT2D eigenvalue weighted by Gasteiger charge is -2.08. The summed E-state index contributed by atoms with van der Waals surface area (Å²) >= 11 is 0. The van der Waals surface area contributed by atoms with Crippen LogP contribution in [0.1, 0.15) is 18.1 Å². The minimum atomic E-state index is 0.973. The van der Waals surface area contributed by atoms with Crippen molar-refractivity contribution >= 4 is 55.5 Å². The first-order chi connectivity index (χ1) is 15.3. The van der Waals surface area contributed by atoms with Crippen molar-refractivity contribution in [2.75, 3.05) is 0 Å². The van der Waals surface area contributed by atoms with Gasteiger partial charge in [0.2, 0.25) is 0 Å². The molecule has 0 fully saturated rings. The van der Waals surface area contributed by atoms with E-state index in [1.807, 2.05) is 0 Å². The van der Waals surface area contributed by atoms with Crippen LogP contribution in [0.2, 0.25) is 0 Å². The van der Waals surface area contributed by atoms with Gasteiger partial charge in [-0.3, -0.25) is 0 Å². The lowest BCUT2D eigenvalue weighted by molar-refractivity contribution is 0.827. The molecule has 0 aliphatic carbocycles. The number of benzene rings is 5. The van der Waals surface area contributed by atoms with E-state index >= 15 is 0 Å². The third kappa shape index (κ3) is 2.85. The molecule has 0 unspecified atom stereocenters. The third-order valence-electron chi connectivity index (χ3n) is 6.37. The molecule has 0 saturated heterocycles. The zero-order valence-corrected chi connectivity index (χ0v) is 17.5. The second kappa shape index (κ2) is 7.14. The summed E-state index contributed by atoms with van der Waals surface area (Å²) in [7, 11) is 0. The molecule has 6 aromatic rings. The van der Waals surface area contributed by atoms with Crippen molar-refractivity contribution in [3.05, 3.63) is 108 Å². The Hall–Kier alpha value is -3.84. The van der Waals surface area contributed by atoms with Crippen LogP contribution in [0.3, 0.4) is 0 Å². The van der Waals surface area contributed by atoms with Gasteiger partial charge >= 0.3 is 0 Å². The smallest absolute Gasteiger partial charge is 0.0491 e.